The molecule has 2 aromatic rings. The number of aldehydes is 1. The van der Waals surface area contributed by atoms with Gasteiger partial charge in [0.25, 0.3) is 0 Å². The van der Waals surface area contributed by atoms with Gasteiger partial charge in [0, 0.05) is 12.0 Å². The molecule has 6 nitrogen and oxygen atoms in total. The molecule has 0 heterocycles. The van der Waals surface area contributed by atoms with Gasteiger partial charge in [-0.2, -0.15) is 0 Å². The van der Waals surface area contributed by atoms with Crippen molar-refractivity contribution in [3.05, 3.63) is 59.7 Å². The molecular formula is C21H23NO5. The van der Waals surface area contributed by atoms with Crippen molar-refractivity contribution < 1.29 is 24.2 Å². The number of alkyl carbamates (subject to hydrolysis) is 1. The zero-order valence-corrected chi connectivity index (χ0v) is 15.6. The summed E-state index contributed by atoms with van der Waals surface area (Å²) in [6.45, 7) is 5.13. The molecule has 2 rings (SSSR count). The number of hydrogen-bond donors (Lipinski definition) is 2. The van der Waals surface area contributed by atoms with Crippen molar-refractivity contribution in [1.29, 1.82) is 0 Å². The Hall–Kier alpha value is -3.15. The first-order valence-corrected chi connectivity index (χ1v) is 8.55. The van der Waals surface area contributed by atoms with E-state index in [0.717, 1.165) is 23.0 Å². The lowest BCUT2D eigenvalue weighted by atomic mass is 10.00. The third-order valence-corrected chi connectivity index (χ3v) is 3.76. The maximum Gasteiger partial charge on any atom is 0.408 e. The van der Waals surface area contributed by atoms with Crippen molar-refractivity contribution in [2.24, 2.45) is 0 Å². The van der Waals surface area contributed by atoms with E-state index in [1.807, 2.05) is 36.4 Å². The van der Waals surface area contributed by atoms with Gasteiger partial charge in [-0.05, 0) is 37.5 Å². The minimum atomic E-state index is -1.13. The van der Waals surface area contributed by atoms with Crippen molar-refractivity contribution in [1.82, 2.24) is 5.32 Å². The summed E-state index contributed by atoms with van der Waals surface area (Å²) in [4.78, 5) is 34.0. The second-order valence-corrected chi connectivity index (χ2v) is 7.18. The Labute approximate surface area is 158 Å². The number of carbonyl (C=O) groups is 3. The fourth-order valence-electron chi connectivity index (χ4n) is 2.47. The maximum atomic E-state index is 11.8. The number of amides is 1. The van der Waals surface area contributed by atoms with Crippen LogP contribution in [0.1, 0.15) is 36.7 Å². The summed E-state index contributed by atoms with van der Waals surface area (Å²) >= 11 is 0. The van der Waals surface area contributed by atoms with Crippen molar-refractivity contribution in [2.75, 3.05) is 0 Å². The highest BCUT2D eigenvalue weighted by atomic mass is 16.6. The summed E-state index contributed by atoms with van der Waals surface area (Å²) in [7, 11) is 0. The molecule has 0 aliphatic carbocycles. The molecule has 0 bridgehead atoms. The lowest BCUT2D eigenvalue weighted by molar-refractivity contribution is -0.139. The van der Waals surface area contributed by atoms with Crippen LogP contribution in [0.15, 0.2) is 48.5 Å². The molecule has 0 unspecified atom stereocenters. The topological polar surface area (TPSA) is 92.7 Å². The van der Waals surface area contributed by atoms with Gasteiger partial charge in [-0.3, -0.25) is 4.79 Å². The summed E-state index contributed by atoms with van der Waals surface area (Å²) in [5, 5.41) is 11.8. The monoisotopic (exact) mass is 369 g/mol. The minimum absolute atomic E-state index is 0.138. The van der Waals surface area contributed by atoms with Crippen LogP contribution >= 0.6 is 0 Å². The lowest BCUT2D eigenvalue weighted by Crippen LogP contribution is -2.44. The highest BCUT2D eigenvalue weighted by Crippen LogP contribution is 2.20. The fourth-order valence-corrected chi connectivity index (χ4v) is 2.47. The standard InChI is InChI=1S/C21H23NO5/c1-21(2,3)27-20(26)22-18(19(24)25)12-14-4-8-16(9-5-14)17-10-6-15(13-23)7-11-17/h4-11,13,18H,12H2,1-3H3,(H,22,26)(H,24,25)/t18-/m0/s1. The first kappa shape index (κ1) is 20.2. The third kappa shape index (κ3) is 6.26. The van der Waals surface area contributed by atoms with Crippen LogP contribution in [-0.4, -0.2) is 35.1 Å². The van der Waals surface area contributed by atoms with Gasteiger partial charge < -0.3 is 15.2 Å². The van der Waals surface area contributed by atoms with Crippen LogP contribution in [0.25, 0.3) is 11.1 Å². The first-order valence-electron chi connectivity index (χ1n) is 8.55. The summed E-state index contributed by atoms with van der Waals surface area (Å²) in [6.07, 6.45) is 0.164. The van der Waals surface area contributed by atoms with Crippen molar-refractivity contribution >= 4 is 18.3 Å². The van der Waals surface area contributed by atoms with Crippen LogP contribution < -0.4 is 5.32 Å². The van der Waals surface area contributed by atoms with Crippen LogP contribution in [0.4, 0.5) is 4.79 Å². The number of hydrogen-bond acceptors (Lipinski definition) is 4. The average Bonchev–Trinajstić information content (AvgIpc) is 2.60. The Morgan fingerprint density at radius 3 is 2.00 bits per heavy atom. The van der Waals surface area contributed by atoms with Gasteiger partial charge in [-0.1, -0.05) is 48.5 Å². The number of rotatable bonds is 6. The highest BCUT2D eigenvalue weighted by molar-refractivity contribution is 5.80. The maximum absolute atomic E-state index is 11.8. The molecule has 0 fully saturated rings. The van der Waals surface area contributed by atoms with Crippen LogP contribution in [0.2, 0.25) is 0 Å². The zero-order chi connectivity index (χ0) is 20.0. The van der Waals surface area contributed by atoms with E-state index in [0.29, 0.717) is 5.56 Å². The van der Waals surface area contributed by atoms with Gasteiger partial charge in [-0.25, -0.2) is 9.59 Å². The first-order chi connectivity index (χ1) is 12.7. The second-order valence-electron chi connectivity index (χ2n) is 7.18. The molecule has 0 radical (unpaired) electrons. The predicted octanol–water partition coefficient (Wildman–Crippen LogP) is 3.69. The quantitative estimate of drug-likeness (QED) is 0.758. The molecule has 0 saturated heterocycles. The Morgan fingerprint density at radius 2 is 1.56 bits per heavy atom. The zero-order valence-electron chi connectivity index (χ0n) is 15.6. The Balaban J connectivity index is 2.06. The molecule has 0 aliphatic rings. The summed E-state index contributed by atoms with van der Waals surface area (Å²) in [6, 6.07) is 13.5. The van der Waals surface area contributed by atoms with E-state index in [4.69, 9.17) is 4.74 Å². The number of carbonyl (C=O) groups excluding carboxylic acids is 2. The highest BCUT2D eigenvalue weighted by Gasteiger charge is 2.24. The SMILES string of the molecule is CC(C)(C)OC(=O)N[C@@H](Cc1ccc(-c2ccc(C=O)cc2)cc1)C(=O)O. The largest absolute Gasteiger partial charge is 0.480 e. The molecule has 6 heteroatoms. The molecule has 1 amide bonds. The number of carboxylic acids is 1. The molecule has 0 spiro atoms. The van der Waals surface area contributed by atoms with E-state index < -0.39 is 23.7 Å². The number of carboxylic acid groups (broad SMARTS) is 1. The van der Waals surface area contributed by atoms with Crippen LogP contribution in [-0.2, 0) is 16.0 Å². The Kier molecular flexibility index (Phi) is 6.34. The van der Waals surface area contributed by atoms with Crippen molar-refractivity contribution in [3.63, 3.8) is 0 Å². The summed E-state index contributed by atoms with van der Waals surface area (Å²) < 4.78 is 5.11. The van der Waals surface area contributed by atoms with Crippen LogP contribution in [0.5, 0.6) is 0 Å². The smallest absolute Gasteiger partial charge is 0.408 e. The number of ether oxygens (including phenoxy) is 1. The fraction of sp³-hybridized carbons (Fsp3) is 0.286. The van der Waals surface area contributed by atoms with Gasteiger partial charge >= 0.3 is 12.1 Å². The van der Waals surface area contributed by atoms with E-state index in [1.54, 1.807) is 32.9 Å². The molecular weight excluding hydrogens is 346 g/mol. The van der Waals surface area contributed by atoms with Crippen molar-refractivity contribution in [3.8, 4) is 11.1 Å². The minimum Gasteiger partial charge on any atom is -0.480 e. The van der Waals surface area contributed by atoms with E-state index in [1.165, 1.54) is 0 Å². The molecule has 142 valence electrons. The van der Waals surface area contributed by atoms with E-state index in [2.05, 4.69) is 5.32 Å². The normalized spacial score (nSPS) is 12.1. The van der Waals surface area contributed by atoms with Gasteiger partial charge in [0.1, 0.15) is 17.9 Å². The molecule has 0 aromatic heterocycles. The van der Waals surface area contributed by atoms with Crippen molar-refractivity contribution in [2.45, 2.75) is 38.8 Å². The Morgan fingerprint density at radius 1 is 1.04 bits per heavy atom. The molecule has 27 heavy (non-hydrogen) atoms. The van der Waals surface area contributed by atoms with Gasteiger partial charge in [0.15, 0.2) is 0 Å². The van der Waals surface area contributed by atoms with Crippen LogP contribution in [0, 0.1) is 0 Å². The van der Waals surface area contributed by atoms with E-state index >= 15 is 0 Å². The Bertz CT molecular complexity index is 804. The molecule has 1 atom stereocenters. The third-order valence-electron chi connectivity index (χ3n) is 3.76. The predicted molar refractivity (Wildman–Crippen MR) is 102 cm³/mol. The number of nitrogens with one attached hydrogen (secondary N) is 1. The molecule has 0 saturated carbocycles. The molecule has 2 aromatic carbocycles. The molecule has 2 N–H and O–H groups in total. The summed E-state index contributed by atoms with van der Waals surface area (Å²) in [5.74, 6) is -1.13. The molecule has 0 aliphatic heterocycles. The lowest BCUT2D eigenvalue weighted by Gasteiger charge is -2.22. The summed E-state index contributed by atoms with van der Waals surface area (Å²) in [5.41, 5.74) is 2.57. The van der Waals surface area contributed by atoms with Gasteiger partial charge in [0.05, 0.1) is 0 Å². The number of aliphatic carboxylic acids is 1. The van der Waals surface area contributed by atoms with Gasteiger partial charge in [-0.15, -0.1) is 0 Å². The van der Waals surface area contributed by atoms with E-state index in [9.17, 15) is 19.5 Å². The van der Waals surface area contributed by atoms with E-state index in [-0.39, 0.29) is 6.42 Å². The van der Waals surface area contributed by atoms with Gasteiger partial charge in [0.2, 0.25) is 0 Å². The second kappa shape index (κ2) is 8.49. The average molecular weight is 369 g/mol. The van der Waals surface area contributed by atoms with Crippen LogP contribution in [0.3, 0.4) is 0 Å². The number of benzene rings is 2.